The Bertz CT molecular complexity index is 1390. The van der Waals surface area contributed by atoms with Gasteiger partial charge in [-0.2, -0.15) is 14.9 Å². The molecule has 0 saturated heterocycles. The van der Waals surface area contributed by atoms with Crippen LogP contribution in [-0.2, 0) is 4.79 Å². The molecule has 4 aromatic rings. The Balaban J connectivity index is 1.59. The van der Waals surface area contributed by atoms with Crippen LogP contribution in [0.2, 0.25) is 5.02 Å². The summed E-state index contributed by atoms with van der Waals surface area (Å²) in [5.74, 6) is 0.729. The van der Waals surface area contributed by atoms with E-state index in [4.69, 9.17) is 16.3 Å². The number of phenolic OH excluding ortho intramolecular Hbond substituents is 1. The zero-order chi connectivity index (χ0) is 23.8. The van der Waals surface area contributed by atoms with Crippen LogP contribution in [-0.4, -0.2) is 42.6 Å². The Morgan fingerprint density at radius 2 is 2.03 bits per heavy atom. The molecule has 10 heteroatoms. The lowest BCUT2D eigenvalue weighted by Crippen LogP contribution is -2.25. The second kappa shape index (κ2) is 8.75. The highest BCUT2D eigenvalue weighted by molar-refractivity contribution is 6.30. The number of nitrogens with one attached hydrogen (secondary N) is 1. The van der Waals surface area contributed by atoms with Gasteiger partial charge in [0.15, 0.2) is 11.5 Å². The average molecular weight is 477 g/mol. The number of amides is 1. The highest BCUT2D eigenvalue weighted by atomic mass is 35.5. The average Bonchev–Trinajstić information content (AvgIpc) is 3.17. The number of hydrogen-bond donors (Lipinski definition) is 2. The van der Waals surface area contributed by atoms with Crippen LogP contribution in [0.1, 0.15) is 36.1 Å². The molecule has 2 N–H and O–H groups in total. The molecule has 0 fully saturated rings. The molecule has 0 saturated carbocycles. The van der Waals surface area contributed by atoms with Crippen molar-refractivity contribution >= 4 is 23.3 Å². The van der Waals surface area contributed by atoms with Gasteiger partial charge in [-0.25, -0.2) is 4.98 Å². The molecule has 1 amide bonds. The van der Waals surface area contributed by atoms with Gasteiger partial charge in [-0.1, -0.05) is 29.8 Å². The minimum Gasteiger partial charge on any atom is -0.504 e. The predicted octanol–water partition coefficient (Wildman–Crippen LogP) is 4.26. The molecule has 0 spiro atoms. The maximum atomic E-state index is 12.7. The number of benzene rings is 2. The Labute approximate surface area is 200 Å². The van der Waals surface area contributed by atoms with Crippen LogP contribution in [0.3, 0.4) is 0 Å². The second-order valence-electron chi connectivity index (χ2n) is 7.87. The first-order valence-electron chi connectivity index (χ1n) is 10.8. The smallest absolute Gasteiger partial charge is 0.272 e. The summed E-state index contributed by atoms with van der Waals surface area (Å²) >= 11 is 6.00. The van der Waals surface area contributed by atoms with Gasteiger partial charge in [0.25, 0.3) is 5.95 Å². The number of ether oxygens (including phenoxy) is 1. The van der Waals surface area contributed by atoms with Crippen LogP contribution in [0.4, 0.5) is 5.82 Å². The van der Waals surface area contributed by atoms with E-state index in [1.807, 2.05) is 26.0 Å². The van der Waals surface area contributed by atoms with Crippen LogP contribution in [0.15, 0.2) is 48.7 Å². The molecule has 1 aliphatic heterocycles. The maximum absolute atomic E-state index is 12.7. The first-order chi connectivity index (χ1) is 16.4. The van der Waals surface area contributed by atoms with Gasteiger partial charge in [-0.15, -0.1) is 5.10 Å². The standard InChI is InChI=1S/C24H21ClN6O3/c1-3-34-20-10-15(6-9-19(20)32)17-11-21(33)28-23-22(17)13(2)30-31(23)24-27-18(12-26-29-24)14-4-7-16(25)8-5-14/h4-10,12,17,32H,3,11H2,1-2H3,(H,28,33). The van der Waals surface area contributed by atoms with Crippen molar-refractivity contribution in [3.63, 3.8) is 0 Å². The molecule has 2 aromatic carbocycles. The summed E-state index contributed by atoms with van der Waals surface area (Å²) < 4.78 is 7.05. The summed E-state index contributed by atoms with van der Waals surface area (Å²) in [6.07, 6.45) is 1.79. The molecule has 0 radical (unpaired) electrons. The number of phenols is 1. The number of rotatable bonds is 5. The van der Waals surface area contributed by atoms with Crippen molar-refractivity contribution in [3.8, 4) is 28.7 Å². The van der Waals surface area contributed by atoms with Crippen LogP contribution in [0.5, 0.6) is 11.5 Å². The Hall–Kier alpha value is -3.98. The van der Waals surface area contributed by atoms with Crippen molar-refractivity contribution in [2.45, 2.75) is 26.2 Å². The Morgan fingerprint density at radius 1 is 1.24 bits per heavy atom. The molecule has 3 heterocycles. The minimum atomic E-state index is -0.273. The van der Waals surface area contributed by atoms with Crippen molar-refractivity contribution in [1.29, 1.82) is 0 Å². The number of aromatic hydroxyl groups is 1. The van der Waals surface area contributed by atoms with Crippen LogP contribution < -0.4 is 10.1 Å². The molecule has 0 aliphatic carbocycles. The van der Waals surface area contributed by atoms with Gasteiger partial charge >= 0.3 is 0 Å². The fraction of sp³-hybridized carbons (Fsp3) is 0.208. The lowest BCUT2D eigenvalue weighted by atomic mass is 9.85. The van der Waals surface area contributed by atoms with Crippen molar-refractivity contribution < 1.29 is 14.6 Å². The number of carbonyl (C=O) groups is 1. The Morgan fingerprint density at radius 3 is 2.79 bits per heavy atom. The summed E-state index contributed by atoms with van der Waals surface area (Å²) in [7, 11) is 0. The van der Waals surface area contributed by atoms with E-state index >= 15 is 0 Å². The first kappa shape index (κ1) is 21.8. The third-order valence-corrected chi connectivity index (χ3v) is 5.92. The molecule has 5 rings (SSSR count). The molecule has 2 aromatic heterocycles. The summed E-state index contributed by atoms with van der Waals surface area (Å²) in [6.45, 7) is 4.14. The fourth-order valence-electron chi connectivity index (χ4n) is 4.14. The van der Waals surface area contributed by atoms with E-state index in [1.165, 1.54) is 4.68 Å². The van der Waals surface area contributed by atoms with E-state index in [0.29, 0.717) is 28.9 Å². The minimum absolute atomic E-state index is 0.0528. The third kappa shape index (κ3) is 3.94. The summed E-state index contributed by atoms with van der Waals surface area (Å²) in [4.78, 5) is 17.3. The number of nitrogens with zero attached hydrogens (tertiary/aromatic N) is 5. The molecular formula is C24H21ClN6O3. The van der Waals surface area contributed by atoms with Gasteiger partial charge in [0.1, 0.15) is 5.82 Å². The summed E-state index contributed by atoms with van der Waals surface area (Å²) in [5.41, 5.74) is 3.85. The second-order valence-corrected chi connectivity index (χ2v) is 8.31. The molecule has 34 heavy (non-hydrogen) atoms. The van der Waals surface area contributed by atoms with E-state index < -0.39 is 0 Å². The van der Waals surface area contributed by atoms with E-state index in [2.05, 4.69) is 25.6 Å². The van der Waals surface area contributed by atoms with Gasteiger partial charge in [-0.3, -0.25) is 4.79 Å². The van der Waals surface area contributed by atoms with Gasteiger partial charge < -0.3 is 15.2 Å². The number of carbonyl (C=O) groups excluding carboxylic acids is 1. The van der Waals surface area contributed by atoms with Crippen molar-refractivity contribution in [2.75, 3.05) is 11.9 Å². The Kier molecular flexibility index (Phi) is 5.62. The van der Waals surface area contributed by atoms with Gasteiger partial charge in [0, 0.05) is 28.5 Å². The van der Waals surface area contributed by atoms with Gasteiger partial charge in [-0.05, 0) is 43.7 Å². The number of hydrogen-bond acceptors (Lipinski definition) is 7. The van der Waals surface area contributed by atoms with Crippen LogP contribution >= 0.6 is 11.6 Å². The first-order valence-corrected chi connectivity index (χ1v) is 11.1. The zero-order valence-corrected chi connectivity index (χ0v) is 19.2. The van der Waals surface area contributed by atoms with E-state index in [0.717, 1.165) is 22.4 Å². The molecule has 1 unspecified atom stereocenters. The number of aromatic nitrogens is 5. The highest BCUT2D eigenvalue weighted by Gasteiger charge is 2.33. The van der Waals surface area contributed by atoms with Crippen LogP contribution in [0.25, 0.3) is 17.2 Å². The summed E-state index contributed by atoms with van der Waals surface area (Å²) in [6, 6.07) is 12.4. The van der Waals surface area contributed by atoms with Gasteiger partial charge in [0.05, 0.1) is 24.2 Å². The topological polar surface area (TPSA) is 115 Å². The SMILES string of the molecule is CCOc1cc(C2CC(=O)Nc3c2c(C)nn3-c2nncc(-c3ccc(Cl)cc3)n2)ccc1O. The zero-order valence-electron chi connectivity index (χ0n) is 18.5. The largest absolute Gasteiger partial charge is 0.504 e. The summed E-state index contributed by atoms with van der Waals surface area (Å²) in [5, 5.41) is 26.5. The molecule has 9 nitrogen and oxygen atoms in total. The number of anilines is 1. The molecular weight excluding hydrogens is 456 g/mol. The molecule has 0 bridgehead atoms. The normalized spacial score (nSPS) is 15.0. The molecule has 172 valence electrons. The van der Waals surface area contributed by atoms with E-state index in [-0.39, 0.29) is 29.9 Å². The van der Waals surface area contributed by atoms with E-state index in [1.54, 1.807) is 36.5 Å². The van der Waals surface area contributed by atoms with Crippen molar-refractivity contribution in [1.82, 2.24) is 25.0 Å². The maximum Gasteiger partial charge on any atom is 0.272 e. The quantitative estimate of drug-likeness (QED) is 0.442. The lowest BCUT2D eigenvalue weighted by molar-refractivity contribution is -0.116. The molecule has 1 atom stereocenters. The number of halogens is 1. The molecule has 1 aliphatic rings. The fourth-order valence-corrected chi connectivity index (χ4v) is 4.26. The highest BCUT2D eigenvalue weighted by Crippen LogP contribution is 2.42. The predicted molar refractivity (Wildman–Crippen MR) is 126 cm³/mol. The monoisotopic (exact) mass is 476 g/mol. The van der Waals surface area contributed by atoms with Crippen molar-refractivity contribution in [3.05, 3.63) is 70.5 Å². The van der Waals surface area contributed by atoms with Crippen LogP contribution in [0, 0.1) is 6.92 Å². The third-order valence-electron chi connectivity index (χ3n) is 5.67. The van der Waals surface area contributed by atoms with Crippen molar-refractivity contribution in [2.24, 2.45) is 0 Å². The number of fused-ring (bicyclic) bond motifs is 1. The lowest BCUT2D eigenvalue weighted by Gasteiger charge is -2.24. The van der Waals surface area contributed by atoms with E-state index in [9.17, 15) is 9.90 Å². The van der Waals surface area contributed by atoms with Gasteiger partial charge in [0.2, 0.25) is 5.91 Å². The number of aryl methyl sites for hydroxylation is 1.